The van der Waals surface area contributed by atoms with Gasteiger partial charge in [0.15, 0.2) is 0 Å². The average Bonchev–Trinajstić information content (AvgIpc) is 3.01. The fourth-order valence-electron chi connectivity index (χ4n) is 2.90. The van der Waals surface area contributed by atoms with Gasteiger partial charge in [0.2, 0.25) is 5.95 Å². The van der Waals surface area contributed by atoms with Crippen molar-refractivity contribution in [2.75, 3.05) is 17.2 Å². The van der Waals surface area contributed by atoms with Gasteiger partial charge in [0.25, 0.3) is 0 Å². The molecule has 8 nitrogen and oxygen atoms in total. The topological polar surface area (TPSA) is 121 Å². The number of aromatic carboxylic acids is 1. The van der Waals surface area contributed by atoms with Crippen molar-refractivity contribution in [2.45, 2.75) is 13.0 Å². The number of H-pyrrole nitrogens is 1. The van der Waals surface area contributed by atoms with Gasteiger partial charge in [-0.1, -0.05) is 0 Å². The van der Waals surface area contributed by atoms with Crippen molar-refractivity contribution in [1.82, 2.24) is 19.9 Å². The van der Waals surface area contributed by atoms with Gasteiger partial charge in [-0.05, 0) is 18.2 Å². The molecule has 3 aromatic rings. The van der Waals surface area contributed by atoms with Crippen LogP contribution in [-0.2, 0) is 13.0 Å². The Bertz CT molecular complexity index is 919. The molecule has 0 saturated heterocycles. The standard InChI is InChI=1S/C15H14N6O2/c16-15-19-10-2-1-8(14(22)23)5-9(10)13(20-15)21-4-3-11-12(6-21)18-7-17-11/h1-2,5,7H,3-4,6H2,(H,17,18)(H,22,23)(H2,16,19,20). The summed E-state index contributed by atoms with van der Waals surface area (Å²) in [5.74, 6) is -0.161. The second kappa shape index (κ2) is 4.94. The summed E-state index contributed by atoms with van der Waals surface area (Å²) in [6.07, 6.45) is 2.48. The van der Waals surface area contributed by atoms with Crippen LogP contribution < -0.4 is 10.6 Å². The van der Waals surface area contributed by atoms with Crippen molar-refractivity contribution < 1.29 is 9.90 Å². The van der Waals surface area contributed by atoms with E-state index >= 15 is 0 Å². The predicted octanol–water partition coefficient (Wildman–Crippen LogP) is 1.20. The molecule has 4 rings (SSSR count). The molecule has 116 valence electrons. The molecule has 0 spiro atoms. The molecule has 8 heteroatoms. The van der Waals surface area contributed by atoms with Crippen LogP contribution >= 0.6 is 0 Å². The molecule has 0 fully saturated rings. The number of aromatic nitrogens is 4. The first-order valence-corrected chi connectivity index (χ1v) is 7.18. The number of hydrogen-bond donors (Lipinski definition) is 3. The van der Waals surface area contributed by atoms with Crippen LogP contribution in [0.4, 0.5) is 11.8 Å². The average molecular weight is 310 g/mol. The molecule has 2 aromatic heterocycles. The zero-order valence-electron chi connectivity index (χ0n) is 12.2. The number of nitrogens with zero attached hydrogens (tertiary/aromatic N) is 4. The fraction of sp³-hybridized carbons (Fsp3) is 0.200. The van der Waals surface area contributed by atoms with Crippen LogP contribution in [0.1, 0.15) is 21.7 Å². The van der Waals surface area contributed by atoms with E-state index in [0.29, 0.717) is 23.3 Å². The van der Waals surface area contributed by atoms with Gasteiger partial charge in [0.1, 0.15) is 5.82 Å². The highest BCUT2D eigenvalue weighted by molar-refractivity contribution is 5.97. The number of rotatable bonds is 2. The van der Waals surface area contributed by atoms with Crippen molar-refractivity contribution >= 4 is 28.6 Å². The number of benzene rings is 1. The highest BCUT2D eigenvalue weighted by Crippen LogP contribution is 2.29. The van der Waals surface area contributed by atoms with Crippen LogP contribution in [0.3, 0.4) is 0 Å². The summed E-state index contributed by atoms with van der Waals surface area (Å²) in [6, 6.07) is 4.77. The van der Waals surface area contributed by atoms with Crippen LogP contribution in [-0.4, -0.2) is 37.6 Å². The Morgan fingerprint density at radius 2 is 2.22 bits per heavy atom. The third-order valence-corrected chi connectivity index (χ3v) is 4.01. The Kier molecular flexibility index (Phi) is 2.90. The number of carboxylic acid groups (broad SMARTS) is 1. The fourth-order valence-corrected chi connectivity index (χ4v) is 2.90. The van der Waals surface area contributed by atoms with E-state index in [1.54, 1.807) is 18.5 Å². The smallest absolute Gasteiger partial charge is 0.335 e. The van der Waals surface area contributed by atoms with Crippen molar-refractivity contribution in [1.29, 1.82) is 0 Å². The normalized spacial score (nSPS) is 14.0. The summed E-state index contributed by atoms with van der Waals surface area (Å²) in [7, 11) is 0. The number of carbonyl (C=O) groups is 1. The Hall–Kier alpha value is -3.16. The first kappa shape index (κ1) is 13.5. The second-order valence-electron chi connectivity index (χ2n) is 5.44. The number of aromatic amines is 1. The van der Waals surface area contributed by atoms with Gasteiger partial charge in [-0.15, -0.1) is 0 Å². The summed E-state index contributed by atoms with van der Waals surface area (Å²) >= 11 is 0. The molecular weight excluding hydrogens is 296 g/mol. The van der Waals surface area contributed by atoms with Gasteiger partial charge in [0.05, 0.1) is 35.3 Å². The second-order valence-corrected chi connectivity index (χ2v) is 5.44. The van der Waals surface area contributed by atoms with Crippen molar-refractivity contribution in [3.63, 3.8) is 0 Å². The Morgan fingerprint density at radius 3 is 3.04 bits per heavy atom. The van der Waals surface area contributed by atoms with Crippen LogP contribution in [0.15, 0.2) is 24.5 Å². The number of carboxylic acids is 1. The molecule has 0 amide bonds. The minimum atomic E-state index is -0.982. The lowest BCUT2D eigenvalue weighted by Gasteiger charge is -2.28. The number of fused-ring (bicyclic) bond motifs is 2. The molecule has 4 N–H and O–H groups in total. The predicted molar refractivity (Wildman–Crippen MR) is 84.3 cm³/mol. The molecule has 23 heavy (non-hydrogen) atoms. The minimum absolute atomic E-state index is 0.172. The van der Waals surface area contributed by atoms with Gasteiger partial charge in [-0.3, -0.25) is 0 Å². The Morgan fingerprint density at radius 1 is 1.35 bits per heavy atom. The van der Waals surface area contributed by atoms with E-state index in [-0.39, 0.29) is 11.5 Å². The lowest BCUT2D eigenvalue weighted by atomic mass is 10.1. The largest absolute Gasteiger partial charge is 0.478 e. The van der Waals surface area contributed by atoms with E-state index in [9.17, 15) is 9.90 Å². The van der Waals surface area contributed by atoms with Gasteiger partial charge >= 0.3 is 5.97 Å². The van der Waals surface area contributed by atoms with Crippen LogP contribution in [0, 0.1) is 0 Å². The molecule has 0 bridgehead atoms. The Balaban J connectivity index is 1.85. The first-order chi connectivity index (χ1) is 11.1. The van der Waals surface area contributed by atoms with Crippen molar-refractivity contribution in [3.05, 3.63) is 41.5 Å². The van der Waals surface area contributed by atoms with Crippen molar-refractivity contribution in [2.24, 2.45) is 0 Å². The molecule has 3 heterocycles. The summed E-state index contributed by atoms with van der Waals surface area (Å²) < 4.78 is 0. The zero-order chi connectivity index (χ0) is 16.0. The first-order valence-electron chi connectivity index (χ1n) is 7.18. The van der Waals surface area contributed by atoms with E-state index in [4.69, 9.17) is 5.73 Å². The SMILES string of the molecule is Nc1nc(N2CCc3nc[nH]c3C2)c2cc(C(=O)O)ccc2n1. The quantitative estimate of drug-likeness (QED) is 0.650. The number of anilines is 2. The van der Waals surface area contributed by atoms with E-state index in [0.717, 1.165) is 24.4 Å². The maximum atomic E-state index is 11.2. The third-order valence-electron chi connectivity index (χ3n) is 4.01. The van der Waals surface area contributed by atoms with E-state index < -0.39 is 5.97 Å². The zero-order valence-corrected chi connectivity index (χ0v) is 12.2. The number of nitrogens with two attached hydrogens (primary N) is 1. The van der Waals surface area contributed by atoms with Crippen LogP contribution in [0.25, 0.3) is 10.9 Å². The number of nitrogens with one attached hydrogen (secondary N) is 1. The van der Waals surface area contributed by atoms with Gasteiger partial charge in [-0.2, -0.15) is 4.98 Å². The minimum Gasteiger partial charge on any atom is -0.478 e. The van der Waals surface area contributed by atoms with E-state index in [2.05, 4.69) is 24.8 Å². The maximum Gasteiger partial charge on any atom is 0.335 e. The monoisotopic (exact) mass is 310 g/mol. The molecule has 0 unspecified atom stereocenters. The van der Waals surface area contributed by atoms with E-state index in [1.165, 1.54) is 6.07 Å². The lowest BCUT2D eigenvalue weighted by Crippen LogP contribution is -2.31. The summed E-state index contributed by atoms with van der Waals surface area (Å²) in [6.45, 7) is 1.36. The molecule has 1 aromatic carbocycles. The number of hydrogen-bond acceptors (Lipinski definition) is 6. The van der Waals surface area contributed by atoms with Crippen LogP contribution in [0.5, 0.6) is 0 Å². The van der Waals surface area contributed by atoms with E-state index in [1.807, 2.05) is 0 Å². The molecule has 1 aliphatic rings. The highest BCUT2D eigenvalue weighted by Gasteiger charge is 2.22. The van der Waals surface area contributed by atoms with Crippen LogP contribution in [0.2, 0.25) is 0 Å². The third kappa shape index (κ3) is 2.24. The molecule has 1 aliphatic heterocycles. The molecule has 0 aliphatic carbocycles. The molecule has 0 saturated carbocycles. The van der Waals surface area contributed by atoms with Gasteiger partial charge in [-0.25, -0.2) is 14.8 Å². The van der Waals surface area contributed by atoms with Gasteiger partial charge < -0.3 is 20.7 Å². The van der Waals surface area contributed by atoms with Gasteiger partial charge in [0, 0.05) is 18.4 Å². The molecular formula is C15H14N6O2. The maximum absolute atomic E-state index is 11.2. The summed E-state index contributed by atoms with van der Waals surface area (Å²) in [5, 5.41) is 9.89. The number of imidazole rings is 1. The molecule has 0 atom stereocenters. The highest BCUT2D eigenvalue weighted by atomic mass is 16.4. The lowest BCUT2D eigenvalue weighted by molar-refractivity contribution is 0.0697. The summed E-state index contributed by atoms with van der Waals surface area (Å²) in [5.41, 5.74) is 8.74. The molecule has 0 radical (unpaired) electrons. The summed E-state index contributed by atoms with van der Waals surface area (Å²) in [4.78, 5) is 29.3. The Labute approximate surface area is 131 Å². The van der Waals surface area contributed by atoms with Crippen molar-refractivity contribution in [3.8, 4) is 0 Å². The number of nitrogen functional groups attached to an aromatic ring is 1.